The molecule has 0 saturated carbocycles. The largest absolute Gasteiger partial charge is 0.337 e. The van der Waals surface area contributed by atoms with E-state index in [0.29, 0.717) is 25.6 Å². The minimum atomic E-state index is -0.0191. The summed E-state index contributed by atoms with van der Waals surface area (Å²) in [5.41, 5.74) is 2.96. The first-order valence-electron chi connectivity index (χ1n) is 8.34. The van der Waals surface area contributed by atoms with Crippen LogP contribution in [0, 0.1) is 19.8 Å². The van der Waals surface area contributed by atoms with Crippen molar-refractivity contribution in [3.63, 3.8) is 0 Å². The van der Waals surface area contributed by atoms with Crippen molar-refractivity contribution in [2.75, 3.05) is 13.1 Å². The SMILES string of the molecule is Cc1nc(C)c(C(=O)N2CC(Cn3nc4c(cc3=O)CCC4)C2)s1. The summed E-state index contributed by atoms with van der Waals surface area (Å²) in [6.07, 6.45) is 3.03. The monoisotopic (exact) mass is 344 g/mol. The summed E-state index contributed by atoms with van der Waals surface area (Å²) in [4.78, 5) is 31.5. The number of amides is 1. The van der Waals surface area contributed by atoms with Gasteiger partial charge in [-0.15, -0.1) is 11.3 Å². The number of nitrogens with zero attached hydrogens (tertiary/aromatic N) is 4. The first kappa shape index (κ1) is 15.5. The smallest absolute Gasteiger partial charge is 0.267 e. The molecule has 0 aromatic carbocycles. The van der Waals surface area contributed by atoms with Gasteiger partial charge >= 0.3 is 0 Å². The lowest BCUT2D eigenvalue weighted by molar-refractivity contribution is 0.0462. The molecule has 1 aliphatic heterocycles. The molecule has 2 aromatic heterocycles. The number of likely N-dealkylation sites (tertiary alicyclic amines) is 1. The molecule has 1 saturated heterocycles. The Balaban J connectivity index is 1.41. The van der Waals surface area contributed by atoms with E-state index in [1.54, 1.807) is 10.7 Å². The number of rotatable bonds is 3. The topological polar surface area (TPSA) is 68.1 Å². The second kappa shape index (κ2) is 5.81. The Labute approximate surface area is 144 Å². The first-order valence-corrected chi connectivity index (χ1v) is 9.16. The van der Waals surface area contributed by atoms with Gasteiger partial charge in [0, 0.05) is 25.1 Å². The molecule has 2 aromatic rings. The Morgan fingerprint density at radius 2 is 2.12 bits per heavy atom. The molecule has 0 spiro atoms. The van der Waals surface area contributed by atoms with E-state index < -0.39 is 0 Å². The summed E-state index contributed by atoms with van der Waals surface area (Å²) in [6.45, 7) is 5.75. The highest BCUT2D eigenvalue weighted by Crippen LogP contribution is 2.25. The predicted molar refractivity (Wildman–Crippen MR) is 91.5 cm³/mol. The molecule has 24 heavy (non-hydrogen) atoms. The number of aryl methyl sites for hydroxylation is 4. The van der Waals surface area contributed by atoms with Gasteiger partial charge in [0.15, 0.2) is 0 Å². The van der Waals surface area contributed by atoms with Crippen LogP contribution in [0.2, 0.25) is 0 Å². The van der Waals surface area contributed by atoms with E-state index >= 15 is 0 Å². The van der Waals surface area contributed by atoms with Crippen LogP contribution < -0.4 is 5.56 Å². The Morgan fingerprint density at radius 1 is 1.33 bits per heavy atom. The lowest BCUT2D eigenvalue weighted by atomic mass is 10.00. The van der Waals surface area contributed by atoms with E-state index in [1.807, 2.05) is 18.7 Å². The molecule has 3 heterocycles. The third-order valence-corrected chi connectivity index (χ3v) is 5.86. The fraction of sp³-hybridized carbons (Fsp3) is 0.529. The highest BCUT2D eigenvalue weighted by atomic mass is 32.1. The number of hydrogen-bond donors (Lipinski definition) is 0. The minimum Gasteiger partial charge on any atom is -0.337 e. The van der Waals surface area contributed by atoms with Gasteiger partial charge in [0.25, 0.3) is 11.5 Å². The maximum Gasteiger partial charge on any atom is 0.267 e. The van der Waals surface area contributed by atoms with Crippen molar-refractivity contribution in [3.8, 4) is 0 Å². The molecule has 6 nitrogen and oxygen atoms in total. The Bertz CT molecular complexity index is 864. The molecule has 1 fully saturated rings. The maximum atomic E-state index is 12.5. The first-order chi connectivity index (χ1) is 11.5. The fourth-order valence-corrected chi connectivity index (χ4v) is 4.43. The van der Waals surface area contributed by atoms with Crippen molar-refractivity contribution < 1.29 is 4.79 Å². The Hall–Kier alpha value is -2.02. The third-order valence-electron chi connectivity index (χ3n) is 4.80. The normalized spacial score (nSPS) is 17.0. The van der Waals surface area contributed by atoms with Crippen LogP contribution in [0.15, 0.2) is 10.9 Å². The molecule has 4 rings (SSSR count). The van der Waals surface area contributed by atoms with Gasteiger partial charge in [0.2, 0.25) is 0 Å². The summed E-state index contributed by atoms with van der Waals surface area (Å²) in [5.74, 6) is 0.358. The molecule has 1 amide bonds. The van der Waals surface area contributed by atoms with E-state index in [-0.39, 0.29) is 11.5 Å². The van der Waals surface area contributed by atoms with Crippen molar-refractivity contribution in [1.29, 1.82) is 0 Å². The summed E-state index contributed by atoms with van der Waals surface area (Å²) in [7, 11) is 0. The van der Waals surface area contributed by atoms with Crippen molar-refractivity contribution >= 4 is 17.2 Å². The van der Waals surface area contributed by atoms with E-state index in [2.05, 4.69) is 10.1 Å². The molecule has 0 bridgehead atoms. The molecule has 0 N–H and O–H groups in total. The standard InChI is InChI=1S/C17H20N4O2S/c1-10-16(24-11(2)18-10)17(23)20-7-12(8-20)9-21-15(22)6-13-4-3-5-14(13)19-21/h6,12H,3-5,7-9H2,1-2H3. The van der Waals surface area contributed by atoms with Crippen LogP contribution in [0.4, 0.5) is 0 Å². The van der Waals surface area contributed by atoms with E-state index in [9.17, 15) is 9.59 Å². The zero-order chi connectivity index (χ0) is 16.8. The Morgan fingerprint density at radius 3 is 2.83 bits per heavy atom. The lowest BCUT2D eigenvalue weighted by Crippen LogP contribution is -2.52. The van der Waals surface area contributed by atoms with Crippen LogP contribution in [0.1, 0.15) is 38.1 Å². The van der Waals surface area contributed by atoms with Gasteiger partial charge in [-0.05, 0) is 38.7 Å². The molecule has 7 heteroatoms. The van der Waals surface area contributed by atoms with Crippen molar-refractivity contribution in [1.82, 2.24) is 19.7 Å². The number of carbonyl (C=O) groups excluding carboxylic acids is 1. The van der Waals surface area contributed by atoms with Crippen molar-refractivity contribution in [3.05, 3.63) is 43.3 Å². The van der Waals surface area contributed by atoms with Gasteiger partial charge in [0.05, 0.1) is 22.9 Å². The molecule has 0 atom stereocenters. The molecule has 0 radical (unpaired) electrons. The number of hydrogen-bond acceptors (Lipinski definition) is 5. The quantitative estimate of drug-likeness (QED) is 0.848. The second-order valence-electron chi connectivity index (χ2n) is 6.71. The number of carbonyl (C=O) groups is 1. The molecule has 1 aliphatic carbocycles. The summed E-state index contributed by atoms with van der Waals surface area (Å²) >= 11 is 1.45. The average Bonchev–Trinajstić information content (AvgIpc) is 3.07. The van der Waals surface area contributed by atoms with Gasteiger partial charge in [-0.1, -0.05) is 0 Å². The van der Waals surface area contributed by atoms with Gasteiger partial charge < -0.3 is 4.90 Å². The molecule has 126 valence electrons. The van der Waals surface area contributed by atoms with Crippen LogP contribution in [0.25, 0.3) is 0 Å². The van der Waals surface area contributed by atoms with Gasteiger partial charge in [-0.3, -0.25) is 9.59 Å². The minimum absolute atomic E-state index is 0.0191. The number of thiazole rings is 1. The van der Waals surface area contributed by atoms with Crippen LogP contribution in [0.5, 0.6) is 0 Å². The number of fused-ring (bicyclic) bond motifs is 1. The van der Waals surface area contributed by atoms with E-state index in [4.69, 9.17) is 0 Å². The lowest BCUT2D eigenvalue weighted by Gasteiger charge is -2.39. The average molecular weight is 344 g/mol. The van der Waals surface area contributed by atoms with Gasteiger partial charge in [-0.2, -0.15) is 5.10 Å². The maximum absolute atomic E-state index is 12.5. The highest BCUT2D eigenvalue weighted by molar-refractivity contribution is 7.13. The third kappa shape index (κ3) is 2.66. The predicted octanol–water partition coefficient (Wildman–Crippen LogP) is 1.58. The van der Waals surface area contributed by atoms with Crippen LogP contribution in [0.3, 0.4) is 0 Å². The van der Waals surface area contributed by atoms with E-state index in [1.165, 1.54) is 11.3 Å². The molecule has 2 aliphatic rings. The number of aromatic nitrogens is 3. The van der Waals surface area contributed by atoms with Gasteiger partial charge in [0.1, 0.15) is 4.88 Å². The van der Waals surface area contributed by atoms with Crippen LogP contribution in [-0.2, 0) is 19.4 Å². The summed E-state index contributed by atoms with van der Waals surface area (Å²) in [6, 6.07) is 1.74. The van der Waals surface area contributed by atoms with Gasteiger partial charge in [-0.25, -0.2) is 9.67 Å². The fourth-order valence-electron chi connectivity index (χ4n) is 3.54. The molecular formula is C17H20N4O2S. The molecular weight excluding hydrogens is 324 g/mol. The van der Waals surface area contributed by atoms with E-state index in [0.717, 1.165) is 46.1 Å². The second-order valence-corrected chi connectivity index (χ2v) is 7.92. The Kier molecular flexibility index (Phi) is 3.75. The summed E-state index contributed by atoms with van der Waals surface area (Å²) in [5, 5.41) is 5.43. The zero-order valence-electron chi connectivity index (χ0n) is 13.9. The zero-order valence-corrected chi connectivity index (χ0v) is 14.7. The highest BCUT2D eigenvalue weighted by Gasteiger charge is 2.33. The van der Waals surface area contributed by atoms with Crippen LogP contribution in [-0.4, -0.2) is 38.7 Å². The summed E-state index contributed by atoms with van der Waals surface area (Å²) < 4.78 is 1.58. The molecule has 0 unspecified atom stereocenters. The van der Waals surface area contributed by atoms with Crippen molar-refractivity contribution in [2.45, 2.75) is 39.7 Å². The van der Waals surface area contributed by atoms with Crippen LogP contribution >= 0.6 is 11.3 Å². The van der Waals surface area contributed by atoms with Crippen molar-refractivity contribution in [2.24, 2.45) is 5.92 Å².